The highest BCUT2D eigenvalue weighted by Crippen LogP contribution is 2.81. The Kier molecular flexibility index (Phi) is 13.7. The molecule has 8 atom stereocenters. The number of benzene rings is 6. The van der Waals surface area contributed by atoms with Gasteiger partial charge in [0.2, 0.25) is 0 Å². The molecule has 326 valence electrons. The van der Waals surface area contributed by atoms with Crippen LogP contribution in [0.2, 0.25) is 0 Å². The lowest BCUT2D eigenvalue weighted by atomic mass is 9.91. The van der Waals surface area contributed by atoms with Gasteiger partial charge in [0.05, 0.1) is 0 Å². The Morgan fingerprint density at radius 3 is 1.78 bits per heavy atom. The average Bonchev–Trinajstić information content (AvgIpc) is 4.24. The SMILES string of the molecule is CCCCN(P(c1ccsc1)c1csc(C2C[C@H](c3ccccc3)P(N3Cc4ccccc4P3c3ccccc3)[C@H]2c2ccccc2)c1)P1[C@@H](c2ccccc2)CC[C@@H]1c1ccccc1. The Balaban J connectivity index is 1.04. The Morgan fingerprint density at radius 1 is 0.615 bits per heavy atom. The first-order valence-electron chi connectivity index (χ1n) is 23.4. The van der Waals surface area contributed by atoms with Gasteiger partial charge in [-0.25, -0.2) is 4.44 Å². The van der Waals surface area contributed by atoms with Gasteiger partial charge in [0.1, 0.15) is 0 Å². The normalized spacial score (nSPS) is 23.8. The maximum Gasteiger partial charge on any atom is 0.0335 e. The van der Waals surface area contributed by atoms with Crippen LogP contribution in [0, 0.1) is 0 Å². The van der Waals surface area contributed by atoms with Gasteiger partial charge in [0, 0.05) is 78.7 Å². The summed E-state index contributed by atoms with van der Waals surface area (Å²) in [6.07, 6.45) is 6.07. The molecule has 2 nitrogen and oxygen atoms in total. The van der Waals surface area contributed by atoms with Gasteiger partial charge in [-0.2, -0.15) is 11.3 Å². The molecule has 0 amide bonds. The first kappa shape index (κ1) is 43.9. The largest absolute Gasteiger partial charge is 0.251 e. The monoisotopic (exact) mass is 956 g/mol. The molecule has 8 aromatic rings. The van der Waals surface area contributed by atoms with Gasteiger partial charge in [0.25, 0.3) is 0 Å². The molecule has 4 unspecified atom stereocenters. The molecule has 0 bridgehead atoms. The number of nitrogens with zero attached hydrogens (tertiary/aromatic N) is 2. The maximum absolute atomic E-state index is 3.13. The molecule has 2 aromatic heterocycles. The summed E-state index contributed by atoms with van der Waals surface area (Å²) in [5.41, 5.74) is 9.53. The van der Waals surface area contributed by atoms with Crippen molar-refractivity contribution in [2.75, 3.05) is 6.54 Å². The van der Waals surface area contributed by atoms with Crippen LogP contribution in [0.1, 0.15) is 100 Å². The topological polar surface area (TPSA) is 6.48 Å². The molecule has 2 saturated heterocycles. The molecule has 3 aliphatic heterocycles. The number of thiophene rings is 2. The lowest BCUT2D eigenvalue weighted by molar-refractivity contribution is 0.632. The summed E-state index contributed by atoms with van der Waals surface area (Å²) in [5, 5.41) is 13.6. The summed E-state index contributed by atoms with van der Waals surface area (Å²) >= 11 is 3.95. The molecule has 3 aliphatic rings. The van der Waals surface area contributed by atoms with Crippen molar-refractivity contribution in [2.24, 2.45) is 0 Å². The summed E-state index contributed by atoms with van der Waals surface area (Å²) in [6.45, 7) is 4.53. The van der Waals surface area contributed by atoms with Gasteiger partial charge in [0.15, 0.2) is 0 Å². The van der Waals surface area contributed by atoms with E-state index in [2.05, 4.69) is 231 Å². The van der Waals surface area contributed by atoms with Crippen molar-refractivity contribution in [3.05, 3.63) is 237 Å². The highest BCUT2D eigenvalue weighted by Gasteiger charge is 2.52. The van der Waals surface area contributed by atoms with Crippen molar-refractivity contribution in [3.63, 3.8) is 0 Å². The van der Waals surface area contributed by atoms with E-state index in [1.807, 2.05) is 11.3 Å². The number of rotatable bonds is 14. The van der Waals surface area contributed by atoms with E-state index in [4.69, 9.17) is 0 Å². The van der Waals surface area contributed by atoms with E-state index in [0.29, 0.717) is 28.6 Å². The molecular formula is C57H56N2P4S2. The van der Waals surface area contributed by atoms with E-state index >= 15 is 0 Å². The molecule has 0 aliphatic carbocycles. The van der Waals surface area contributed by atoms with Gasteiger partial charge in [-0.1, -0.05) is 189 Å². The Labute approximate surface area is 400 Å². The predicted octanol–water partition coefficient (Wildman–Crippen LogP) is 16.2. The van der Waals surface area contributed by atoms with Crippen LogP contribution in [-0.2, 0) is 6.54 Å². The molecule has 65 heavy (non-hydrogen) atoms. The second-order valence-electron chi connectivity index (χ2n) is 17.6. The molecule has 11 rings (SSSR count). The quantitative estimate of drug-likeness (QED) is 0.100. The third kappa shape index (κ3) is 8.86. The molecule has 8 heteroatoms. The van der Waals surface area contributed by atoms with Gasteiger partial charge in [-0.15, -0.1) is 11.3 Å². The average molecular weight is 957 g/mol. The third-order valence-corrected chi connectivity index (χ3v) is 28.8. The summed E-state index contributed by atoms with van der Waals surface area (Å²) in [7, 11) is -2.65. The minimum Gasteiger partial charge on any atom is -0.251 e. The summed E-state index contributed by atoms with van der Waals surface area (Å²) in [4.78, 5) is 1.58. The fourth-order valence-corrected chi connectivity index (χ4v) is 28.5. The third-order valence-electron chi connectivity index (χ3n) is 13.7. The number of unbranched alkanes of at least 4 members (excludes halogenated alkanes) is 1. The molecule has 0 saturated carbocycles. The number of hydrogen-bond acceptors (Lipinski definition) is 4. The molecule has 0 N–H and O–H groups in total. The van der Waals surface area contributed by atoms with E-state index in [1.54, 1.807) is 15.5 Å². The Morgan fingerprint density at radius 2 is 1.18 bits per heavy atom. The summed E-state index contributed by atoms with van der Waals surface area (Å²) in [6, 6.07) is 72.6. The minimum absolute atomic E-state index is 0.402. The van der Waals surface area contributed by atoms with Crippen molar-refractivity contribution in [3.8, 4) is 0 Å². The Bertz CT molecular complexity index is 2690. The molecule has 0 radical (unpaired) electrons. The molecule has 6 aromatic carbocycles. The van der Waals surface area contributed by atoms with Crippen LogP contribution in [0.3, 0.4) is 0 Å². The number of fused-ring (bicyclic) bond motifs is 1. The van der Waals surface area contributed by atoms with Crippen LogP contribution in [-0.4, -0.2) is 15.4 Å². The Hall–Kier alpha value is -3.64. The molecule has 5 heterocycles. The predicted molar refractivity (Wildman–Crippen MR) is 288 cm³/mol. The van der Waals surface area contributed by atoms with E-state index < -0.39 is 32.3 Å². The molecule has 0 spiro atoms. The van der Waals surface area contributed by atoms with Crippen molar-refractivity contribution in [1.29, 1.82) is 0 Å². The lowest BCUT2D eigenvalue weighted by Crippen LogP contribution is -2.27. The van der Waals surface area contributed by atoms with E-state index in [-0.39, 0.29) is 0 Å². The zero-order chi connectivity index (χ0) is 43.5. The second kappa shape index (κ2) is 20.3. The minimum atomic E-state index is -0.758. The summed E-state index contributed by atoms with van der Waals surface area (Å²) in [5.74, 6) is 0.415. The smallest absolute Gasteiger partial charge is 0.0335 e. The van der Waals surface area contributed by atoms with Gasteiger partial charge in [-0.05, 0) is 103 Å². The van der Waals surface area contributed by atoms with Crippen LogP contribution in [0.4, 0.5) is 0 Å². The zero-order valence-electron chi connectivity index (χ0n) is 37.0. The highest BCUT2D eigenvalue weighted by atomic mass is 32.1. The lowest BCUT2D eigenvalue weighted by Gasteiger charge is -2.42. The fourth-order valence-electron chi connectivity index (χ4n) is 10.8. The maximum atomic E-state index is 3.13. The zero-order valence-corrected chi connectivity index (χ0v) is 42.2. The fraction of sp³-hybridized carbons (Fsp3) is 0.228. The van der Waals surface area contributed by atoms with Crippen LogP contribution in [0.5, 0.6) is 0 Å². The molecule has 2 fully saturated rings. The van der Waals surface area contributed by atoms with Crippen LogP contribution in [0.15, 0.2) is 204 Å². The van der Waals surface area contributed by atoms with Crippen molar-refractivity contribution < 1.29 is 0 Å². The van der Waals surface area contributed by atoms with Crippen LogP contribution >= 0.6 is 55.0 Å². The van der Waals surface area contributed by atoms with E-state index in [1.165, 1.54) is 64.1 Å². The molecular weight excluding hydrogens is 901 g/mol. The van der Waals surface area contributed by atoms with Crippen molar-refractivity contribution >= 4 is 76.2 Å². The first-order valence-corrected chi connectivity index (χ1v) is 30.7. The van der Waals surface area contributed by atoms with Crippen LogP contribution < -0.4 is 21.2 Å². The van der Waals surface area contributed by atoms with Gasteiger partial charge >= 0.3 is 0 Å². The number of hydrogen-bond donors (Lipinski definition) is 0. The first-order chi connectivity index (χ1) is 32.2. The van der Waals surface area contributed by atoms with Crippen molar-refractivity contribution in [2.45, 2.75) is 74.1 Å². The summed E-state index contributed by atoms with van der Waals surface area (Å²) < 4.78 is 6.18. The van der Waals surface area contributed by atoms with E-state index in [9.17, 15) is 0 Å². The highest BCUT2D eigenvalue weighted by molar-refractivity contribution is 7.80. The van der Waals surface area contributed by atoms with Crippen LogP contribution in [0.25, 0.3) is 0 Å². The second-order valence-corrected chi connectivity index (χ2v) is 29.1. The van der Waals surface area contributed by atoms with Gasteiger partial charge in [-0.3, -0.25) is 4.44 Å². The van der Waals surface area contributed by atoms with Gasteiger partial charge < -0.3 is 0 Å². The van der Waals surface area contributed by atoms with Crippen molar-refractivity contribution in [1.82, 2.24) is 8.88 Å². The standard InChI is InChI=1S/C57H56N2P4S2/c1-2-3-36-58(62-53(43-21-9-4-10-22-43)33-34-54(62)44-23-11-5-12-24-44)60(49-35-37-64-41-49)50-38-56(65-42-50)51-39-55(45-25-13-6-14-26-45)63(57(51)46-27-15-7-16-28-46)59-40-47-29-19-20-32-52(47)61(59)48-30-17-8-18-31-48/h4-32,35,37-38,41-42,51,53-55,57H,2-3,33-34,36,39-40H2,1H3/t51?,53-,54-,55-,57+,60?,61?,63?/m1/s1. The van der Waals surface area contributed by atoms with E-state index in [0.717, 1.165) is 19.5 Å².